The van der Waals surface area contributed by atoms with E-state index in [-0.39, 0.29) is 15.7 Å². The number of halogens is 8. The summed E-state index contributed by atoms with van der Waals surface area (Å²) in [7, 11) is -2.56. The van der Waals surface area contributed by atoms with Crippen molar-refractivity contribution >= 4 is 45.9 Å². The lowest BCUT2D eigenvalue weighted by molar-refractivity contribution is -0.131. The summed E-state index contributed by atoms with van der Waals surface area (Å²) < 4.78 is 85.2. The Bertz CT molecular complexity index is 632. The summed E-state index contributed by atoms with van der Waals surface area (Å²) in [5, 5.41) is -0.551. The molecule has 0 aromatic heterocycles. The van der Waals surface area contributed by atoms with Crippen molar-refractivity contribution in [3.63, 3.8) is 0 Å². The third-order valence-electron chi connectivity index (χ3n) is 2.29. The van der Waals surface area contributed by atoms with Crippen LogP contribution in [0.15, 0.2) is 22.0 Å². The lowest BCUT2D eigenvalue weighted by atomic mass is 10.3. The molecule has 2 atom stereocenters. The van der Waals surface area contributed by atoms with Gasteiger partial charge in [0.2, 0.25) is 0 Å². The smallest absolute Gasteiger partial charge is 0.316 e. The molecule has 23 heavy (non-hydrogen) atoms. The Balaban J connectivity index is 3.14. The molecule has 0 aliphatic carbocycles. The van der Waals surface area contributed by atoms with Crippen LogP contribution in [0.4, 0.5) is 32.0 Å². The molecule has 130 valence electrons. The highest BCUT2D eigenvalue weighted by Crippen LogP contribution is 2.34. The van der Waals surface area contributed by atoms with Crippen molar-refractivity contribution in [1.82, 2.24) is 0 Å². The third-order valence-corrected chi connectivity index (χ3v) is 4.44. The molecule has 0 amide bonds. The Morgan fingerprint density at radius 1 is 1.17 bits per heavy atom. The molecular weight excluding hydrogens is 393 g/mol. The maximum absolute atomic E-state index is 12.3. The number of rotatable bonds is 4. The van der Waals surface area contributed by atoms with Crippen LogP contribution in [0.1, 0.15) is 0 Å². The van der Waals surface area contributed by atoms with Crippen LogP contribution in [0.2, 0.25) is 10.0 Å². The lowest BCUT2D eigenvalue weighted by Crippen LogP contribution is -2.38. The second-order valence-electron chi connectivity index (χ2n) is 4.18. The summed E-state index contributed by atoms with van der Waals surface area (Å²) in [5.41, 5.74) is 4.48. The van der Waals surface area contributed by atoms with Gasteiger partial charge in [-0.1, -0.05) is 23.2 Å². The molecule has 0 aliphatic heterocycles. The molecule has 0 radical (unpaired) electrons. The maximum atomic E-state index is 12.3. The second kappa shape index (κ2) is 7.37. The molecule has 12 heteroatoms. The highest BCUT2D eigenvalue weighted by atomic mass is 35.5. The molecule has 0 bridgehead atoms. The van der Waals surface area contributed by atoms with Gasteiger partial charge in [-0.2, -0.15) is 26.3 Å². The van der Waals surface area contributed by atoms with Crippen molar-refractivity contribution in [2.24, 2.45) is 10.7 Å². The Morgan fingerprint density at radius 2 is 1.74 bits per heavy atom. The Morgan fingerprint density at radius 3 is 2.22 bits per heavy atom. The van der Waals surface area contributed by atoms with E-state index in [1.807, 2.05) is 0 Å². The zero-order chi connectivity index (χ0) is 18.0. The van der Waals surface area contributed by atoms with Gasteiger partial charge in [0.15, 0.2) is 0 Å². The van der Waals surface area contributed by atoms with Crippen LogP contribution in [0.5, 0.6) is 0 Å². The molecule has 2 N–H and O–H groups in total. The summed E-state index contributed by atoms with van der Waals surface area (Å²) in [6.07, 6.45) is -9.13. The van der Waals surface area contributed by atoms with Gasteiger partial charge in [-0.05, 0) is 12.1 Å². The molecule has 0 saturated carbocycles. The van der Waals surface area contributed by atoms with Gasteiger partial charge in [0.05, 0.1) is 31.4 Å². The first-order valence-electron chi connectivity index (χ1n) is 5.62. The van der Waals surface area contributed by atoms with Crippen LogP contribution >= 0.6 is 23.2 Å². The third kappa shape index (κ3) is 6.28. The predicted octanol–water partition coefficient (Wildman–Crippen LogP) is 4.26. The molecule has 0 saturated heterocycles. The van der Waals surface area contributed by atoms with Crippen molar-refractivity contribution in [3.05, 3.63) is 22.2 Å². The molecule has 0 spiro atoms. The van der Waals surface area contributed by atoms with Crippen molar-refractivity contribution in [2.75, 3.05) is 5.75 Å². The maximum Gasteiger partial charge on any atom is 0.408 e. The SMILES string of the molecule is NC(C=Nc1cc(S(=O)CC(F)(F)F)c(Cl)cc1Cl)C(F)(F)F. The number of alkyl halides is 6. The number of aliphatic imine (C=N–C) groups is 1. The average Bonchev–Trinajstić information content (AvgIpc) is 2.33. The lowest BCUT2D eigenvalue weighted by Gasteiger charge is -2.11. The minimum absolute atomic E-state index is 0.228. The topological polar surface area (TPSA) is 55.4 Å². The minimum atomic E-state index is -4.75. The number of nitrogens with zero attached hydrogens (tertiary/aromatic N) is 1. The Labute approximate surface area is 138 Å². The first-order chi connectivity index (χ1) is 10.3. The van der Waals surface area contributed by atoms with Crippen LogP contribution < -0.4 is 5.73 Å². The van der Waals surface area contributed by atoms with Gasteiger partial charge in [0.1, 0.15) is 11.8 Å². The van der Waals surface area contributed by atoms with Gasteiger partial charge in [0, 0.05) is 6.21 Å². The van der Waals surface area contributed by atoms with Crippen LogP contribution in [-0.4, -0.2) is 34.6 Å². The summed E-state index contributed by atoms with van der Waals surface area (Å²) >= 11 is 11.4. The van der Waals surface area contributed by atoms with E-state index in [1.54, 1.807) is 0 Å². The molecule has 0 fully saturated rings. The van der Waals surface area contributed by atoms with E-state index in [1.165, 1.54) is 0 Å². The van der Waals surface area contributed by atoms with E-state index in [4.69, 9.17) is 28.9 Å². The van der Waals surface area contributed by atoms with Crippen molar-refractivity contribution < 1.29 is 30.6 Å². The minimum Gasteiger partial charge on any atom is -0.316 e. The summed E-state index contributed by atoms with van der Waals surface area (Å²) in [4.78, 5) is 2.93. The van der Waals surface area contributed by atoms with Crippen LogP contribution in [0.25, 0.3) is 0 Å². The largest absolute Gasteiger partial charge is 0.408 e. The first kappa shape index (κ1) is 20.2. The van der Waals surface area contributed by atoms with Crippen molar-refractivity contribution in [2.45, 2.75) is 23.3 Å². The fraction of sp³-hybridized carbons (Fsp3) is 0.364. The molecule has 1 aromatic carbocycles. The molecular formula is C11H8Cl2F6N2OS. The monoisotopic (exact) mass is 400 g/mol. The van der Waals surface area contributed by atoms with Gasteiger partial charge >= 0.3 is 12.4 Å². The zero-order valence-corrected chi connectivity index (χ0v) is 13.2. The fourth-order valence-corrected chi connectivity index (χ4v) is 2.93. The number of hydrogen-bond donors (Lipinski definition) is 1. The van der Waals surface area contributed by atoms with Crippen LogP contribution in [0, 0.1) is 0 Å². The van der Waals surface area contributed by atoms with E-state index >= 15 is 0 Å². The highest BCUT2D eigenvalue weighted by molar-refractivity contribution is 7.85. The Hall–Kier alpha value is -0.840. The van der Waals surface area contributed by atoms with Gasteiger partial charge in [-0.25, -0.2) is 0 Å². The average molecular weight is 401 g/mol. The summed E-state index contributed by atoms with van der Waals surface area (Å²) in [6.45, 7) is 0. The second-order valence-corrected chi connectivity index (χ2v) is 6.42. The van der Waals surface area contributed by atoms with Crippen molar-refractivity contribution in [3.8, 4) is 0 Å². The zero-order valence-electron chi connectivity index (χ0n) is 10.9. The highest BCUT2D eigenvalue weighted by Gasteiger charge is 2.35. The quantitative estimate of drug-likeness (QED) is 0.606. The molecule has 0 heterocycles. The van der Waals surface area contributed by atoms with E-state index in [9.17, 15) is 30.6 Å². The number of hydrogen-bond acceptors (Lipinski definition) is 3. The van der Waals surface area contributed by atoms with Gasteiger partial charge < -0.3 is 5.73 Å². The van der Waals surface area contributed by atoms with Gasteiger partial charge in [0.25, 0.3) is 0 Å². The standard InChI is InChI=1S/C11H8Cl2F6N2OS/c12-5-1-6(13)8(23(22)4-10(14,15)16)2-7(5)21-3-9(20)11(17,18)19/h1-3,9H,4,20H2. The summed E-state index contributed by atoms with van der Waals surface area (Å²) in [6, 6.07) is -0.622. The number of nitrogens with two attached hydrogens (primary N) is 1. The van der Waals surface area contributed by atoms with Crippen LogP contribution in [-0.2, 0) is 10.8 Å². The molecule has 2 unspecified atom stereocenters. The van der Waals surface area contributed by atoms with E-state index < -0.39 is 39.8 Å². The van der Waals surface area contributed by atoms with Gasteiger partial charge in [-0.3, -0.25) is 9.20 Å². The predicted molar refractivity (Wildman–Crippen MR) is 76.0 cm³/mol. The van der Waals surface area contributed by atoms with E-state index in [0.717, 1.165) is 12.1 Å². The van der Waals surface area contributed by atoms with Crippen LogP contribution in [0.3, 0.4) is 0 Å². The first-order valence-corrected chi connectivity index (χ1v) is 7.69. The fourth-order valence-electron chi connectivity index (χ4n) is 1.26. The molecule has 0 aliphatic rings. The summed E-state index contributed by atoms with van der Waals surface area (Å²) in [5.74, 6) is -1.67. The normalized spacial score (nSPS) is 15.9. The Kier molecular flexibility index (Phi) is 6.47. The van der Waals surface area contributed by atoms with E-state index in [0.29, 0.717) is 6.21 Å². The van der Waals surface area contributed by atoms with Gasteiger partial charge in [-0.15, -0.1) is 0 Å². The van der Waals surface area contributed by atoms with Crippen molar-refractivity contribution in [1.29, 1.82) is 0 Å². The molecule has 1 aromatic rings. The van der Waals surface area contributed by atoms with E-state index in [2.05, 4.69) is 4.99 Å². The molecule has 1 rings (SSSR count). The molecule has 3 nitrogen and oxygen atoms in total. The number of benzene rings is 1.